The Morgan fingerprint density at radius 3 is 2.62 bits per heavy atom. The fraction of sp³-hybridized carbons (Fsp3) is 0.400. The Bertz CT molecular complexity index is 930. The maximum atomic E-state index is 13.5. The van der Waals surface area contributed by atoms with E-state index in [0.29, 0.717) is 5.92 Å². The summed E-state index contributed by atoms with van der Waals surface area (Å²) in [5, 5.41) is 6.93. The second-order valence-electron chi connectivity index (χ2n) is 8.61. The molecule has 0 radical (unpaired) electrons. The molecule has 29 heavy (non-hydrogen) atoms. The van der Waals surface area contributed by atoms with Gasteiger partial charge in [0.2, 0.25) is 0 Å². The van der Waals surface area contributed by atoms with Crippen molar-refractivity contribution >= 4 is 11.6 Å². The molecule has 3 aliphatic rings. The molecule has 2 aromatic carbocycles. The van der Waals surface area contributed by atoms with Crippen molar-refractivity contribution in [2.24, 2.45) is 5.92 Å². The molecule has 2 N–H and O–H groups in total. The van der Waals surface area contributed by atoms with E-state index in [4.69, 9.17) is 0 Å². The number of amides is 1. The van der Waals surface area contributed by atoms with E-state index in [-0.39, 0.29) is 29.7 Å². The summed E-state index contributed by atoms with van der Waals surface area (Å²) in [4.78, 5) is 13.1. The van der Waals surface area contributed by atoms with E-state index in [1.807, 2.05) is 24.3 Å². The van der Waals surface area contributed by atoms with E-state index in [9.17, 15) is 9.18 Å². The zero-order valence-corrected chi connectivity index (χ0v) is 16.5. The summed E-state index contributed by atoms with van der Waals surface area (Å²) < 4.78 is 13.5. The van der Waals surface area contributed by atoms with Crippen molar-refractivity contribution in [3.05, 3.63) is 77.1 Å². The van der Waals surface area contributed by atoms with Gasteiger partial charge in [0.05, 0.1) is 17.3 Å². The van der Waals surface area contributed by atoms with Crippen LogP contribution in [-0.2, 0) is 0 Å². The van der Waals surface area contributed by atoms with Crippen LogP contribution in [-0.4, -0.2) is 11.9 Å². The molecule has 1 amide bonds. The monoisotopic (exact) mass is 390 g/mol. The van der Waals surface area contributed by atoms with Crippen LogP contribution in [0, 0.1) is 11.7 Å². The number of allylic oxidation sites excluding steroid dienone is 2. The normalized spacial score (nSPS) is 25.8. The van der Waals surface area contributed by atoms with Gasteiger partial charge in [-0.2, -0.15) is 0 Å². The molecular weight excluding hydrogens is 363 g/mol. The van der Waals surface area contributed by atoms with Gasteiger partial charge < -0.3 is 10.6 Å². The average Bonchev–Trinajstić information content (AvgIpc) is 3.24. The summed E-state index contributed by atoms with van der Waals surface area (Å²) in [5.41, 5.74) is 3.92. The predicted octanol–water partition coefficient (Wildman–Crippen LogP) is 5.71. The molecule has 5 rings (SSSR count). The van der Waals surface area contributed by atoms with Gasteiger partial charge in [0.15, 0.2) is 0 Å². The van der Waals surface area contributed by atoms with Gasteiger partial charge in [0.1, 0.15) is 5.82 Å². The van der Waals surface area contributed by atoms with Gasteiger partial charge >= 0.3 is 0 Å². The van der Waals surface area contributed by atoms with Crippen LogP contribution in [0.5, 0.6) is 0 Å². The van der Waals surface area contributed by atoms with Crippen molar-refractivity contribution in [3.63, 3.8) is 0 Å². The highest BCUT2D eigenvalue weighted by Crippen LogP contribution is 2.50. The van der Waals surface area contributed by atoms with Gasteiger partial charge in [0, 0.05) is 12.0 Å². The van der Waals surface area contributed by atoms with Gasteiger partial charge in [-0.1, -0.05) is 55.7 Å². The van der Waals surface area contributed by atoms with Crippen molar-refractivity contribution < 1.29 is 9.18 Å². The van der Waals surface area contributed by atoms with Crippen LogP contribution < -0.4 is 10.6 Å². The quantitative estimate of drug-likeness (QED) is 0.659. The SMILES string of the molecule is O=C(NC1CCCCC1)c1cccc2c1NC(c1ccc(F)cc1)C1CC=CC21. The predicted molar refractivity (Wildman–Crippen MR) is 114 cm³/mol. The lowest BCUT2D eigenvalue weighted by Crippen LogP contribution is -2.37. The maximum Gasteiger partial charge on any atom is 0.253 e. The van der Waals surface area contributed by atoms with Gasteiger partial charge in [0.25, 0.3) is 5.91 Å². The smallest absolute Gasteiger partial charge is 0.253 e. The number of rotatable bonds is 3. The van der Waals surface area contributed by atoms with Crippen molar-refractivity contribution in [2.45, 2.75) is 56.5 Å². The molecule has 3 nitrogen and oxygen atoms in total. The number of benzene rings is 2. The molecule has 3 atom stereocenters. The van der Waals surface area contributed by atoms with E-state index < -0.39 is 0 Å². The number of carbonyl (C=O) groups is 1. The Kier molecular flexibility index (Phi) is 4.86. The van der Waals surface area contributed by atoms with Crippen LogP contribution in [0.25, 0.3) is 0 Å². The summed E-state index contributed by atoms with van der Waals surface area (Å²) in [7, 11) is 0. The third kappa shape index (κ3) is 3.45. The van der Waals surface area contributed by atoms with Gasteiger partial charge in [-0.15, -0.1) is 0 Å². The molecule has 0 aromatic heterocycles. The highest BCUT2D eigenvalue weighted by Gasteiger charge is 2.39. The molecule has 0 saturated heterocycles. The molecule has 0 spiro atoms. The van der Waals surface area contributed by atoms with Crippen LogP contribution in [0.2, 0.25) is 0 Å². The van der Waals surface area contributed by atoms with E-state index in [0.717, 1.165) is 36.1 Å². The van der Waals surface area contributed by atoms with Crippen LogP contribution in [0.15, 0.2) is 54.6 Å². The summed E-state index contributed by atoms with van der Waals surface area (Å²) in [6.45, 7) is 0. The minimum Gasteiger partial charge on any atom is -0.377 e. The van der Waals surface area contributed by atoms with E-state index in [2.05, 4.69) is 28.9 Å². The molecule has 2 aromatic rings. The van der Waals surface area contributed by atoms with Crippen LogP contribution in [0.1, 0.15) is 72.0 Å². The molecule has 2 aliphatic carbocycles. The van der Waals surface area contributed by atoms with Crippen molar-refractivity contribution in [1.29, 1.82) is 0 Å². The highest BCUT2D eigenvalue weighted by atomic mass is 19.1. The first-order valence-corrected chi connectivity index (χ1v) is 10.8. The standard InChI is InChI=1S/C25H27FN2O/c26-17-14-12-16(13-15-17)23-20-9-4-8-19(20)21-10-5-11-22(24(21)28-23)25(29)27-18-6-2-1-3-7-18/h4-5,8,10-15,18-20,23,28H,1-3,6-7,9H2,(H,27,29). The van der Waals surface area contributed by atoms with Crippen molar-refractivity contribution in [3.8, 4) is 0 Å². The number of hydrogen-bond donors (Lipinski definition) is 2. The third-order valence-corrected chi connectivity index (χ3v) is 6.81. The number of fused-ring (bicyclic) bond motifs is 3. The largest absolute Gasteiger partial charge is 0.377 e. The summed E-state index contributed by atoms with van der Waals surface area (Å²) in [6.07, 6.45) is 11.3. The number of para-hydroxylation sites is 1. The van der Waals surface area contributed by atoms with Crippen LogP contribution >= 0.6 is 0 Å². The number of halogens is 1. The Morgan fingerprint density at radius 2 is 1.83 bits per heavy atom. The lowest BCUT2D eigenvalue weighted by Gasteiger charge is -2.38. The van der Waals surface area contributed by atoms with Gasteiger partial charge in [-0.25, -0.2) is 4.39 Å². The highest BCUT2D eigenvalue weighted by molar-refractivity contribution is 6.01. The second-order valence-corrected chi connectivity index (χ2v) is 8.61. The minimum atomic E-state index is -0.224. The summed E-state index contributed by atoms with van der Waals surface area (Å²) in [6, 6.07) is 13.2. The number of anilines is 1. The van der Waals surface area contributed by atoms with Crippen LogP contribution in [0.3, 0.4) is 0 Å². The topological polar surface area (TPSA) is 41.1 Å². The molecular formula is C25H27FN2O. The third-order valence-electron chi connectivity index (χ3n) is 6.81. The molecule has 1 heterocycles. The van der Waals surface area contributed by atoms with E-state index in [1.165, 1.54) is 37.0 Å². The molecule has 1 fully saturated rings. The number of nitrogens with one attached hydrogen (secondary N) is 2. The summed E-state index contributed by atoms with van der Waals surface area (Å²) in [5.74, 6) is 0.450. The maximum absolute atomic E-state index is 13.5. The lowest BCUT2D eigenvalue weighted by molar-refractivity contribution is 0.0928. The Hall–Kier alpha value is -2.62. The Labute approximate surface area is 171 Å². The Balaban J connectivity index is 1.48. The fourth-order valence-corrected chi connectivity index (χ4v) is 5.32. The van der Waals surface area contributed by atoms with Crippen molar-refractivity contribution in [1.82, 2.24) is 5.32 Å². The molecule has 150 valence electrons. The zero-order valence-electron chi connectivity index (χ0n) is 16.5. The van der Waals surface area contributed by atoms with E-state index in [1.54, 1.807) is 0 Å². The first-order valence-electron chi connectivity index (χ1n) is 10.8. The Morgan fingerprint density at radius 1 is 1.03 bits per heavy atom. The van der Waals surface area contributed by atoms with Crippen molar-refractivity contribution in [2.75, 3.05) is 5.32 Å². The second kappa shape index (κ2) is 7.66. The molecule has 1 aliphatic heterocycles. The summed E-state index contributed by atoms with van der Waals surface area (Å²) >= 11 is 0. The molecule has 1 saturated carbocycles. The average molecular weight is 391 g/mol. The number of carbonyl (C=O) groups excluding carboxylic acids is 1. The van der Waals surface area contributed by atoms with E-state index >= 15 is 0 Å². The fourth-order valence-electron chi connectivity index (χ4n) is 5.32. The zero-order chi connectivity index (χ0) is 19.8. The first kappa shape index (κ1) is 18.4. The minimum absolute atomic E-state index is 0.0135. The van der Waals surface area contributed by atoms with Gasteiger partial charge in [-0.05, 0) is 54.5 Å². The lowest BCUT2D eigenvalue weighted by atomic mass is 9.76. The molecule has 0 bridgehead atoms. The van der Waals surface area contributed by atoms with Crippen LogP contribution in [0.4, 0.5) is 10.1 Å². The molecule has 4 heteroatoms. The number of hydrogen-bond acceptors (Lipinski definition) is 2. The van der Waals surface area contributed by atoms with Gasteiger partial charge in [-0.3, -0.25) is 4.79 Å². The first-order chi connectivity index (χ1) is 14.2. The molecule has 3 unspecified atom stereocenters.